The van der Waals surface area contributed by atoms with E-state index in [9.17, 15) is 14.0 Å². The van der Waals surface area contributed by atoms with Crippen LogP contribution in [0.2, 0.25) is 0 Å². The van der Waals surface area contributed by atoms with Crippen LogP contribution in [0.5, 0.6) is 5.75 Å². The van der Waals surface area contributed by atoms with Crippen molar-refractivity contribution in [3.8, 4) is 5.75 Å². The molecule has 1 aliphatic rings. The van der Waals surface area contributed by atoms with Crippen molar-refractivity contribution in [2.24, 2.45) is 0 Å². The molecule has 1 atom stereocenters. The van der Waals surface area contributed by atoms with Gasteiger partial charge >= 0.3 is 0 Å². The Morgan fingerprint density at radius 1 is 1.35 bits per heavy atom. The highest BCUT2D eigenvalue weighted by Crippen LogP contribution is 2.34. The molecule has 2 rings (SSSR count). The highest BCUT2D eigenvalue weighted by Gasteiger charge is 2.27. The molecule has 1 N–H and O–H groups in total. The number of hydrogen-bond acceptors (Lipinski definition) is 3. The first-order valence-corrected chi connectivity index (χ1v) is 9.07. The third-order valence-electron chi connectivity index (χ3n) is 4.62. The molecule has 0 aliphatic carbocycles. The summed E-state index contributed by atoms with van der Waals surface area (Å²) in [7, 11) is 0. The van der Waals surface area contributed by atoms with E-state index >= 15 is 0 Å². The van der Waals surface area contributed by atoms with Crippen LogP contribution in [0.4, 0.5) is 4.39 Å². The van der Waals surface area contributed by atoms with Gasteiger partial charge in [0.05, 0.1) is 0 Å². The lowest BCUT2D eigenvalue weighted by Crippen LogP contribution is -2.50. The molecular weight excluding hydrogens is 335 g/mol. The van der Waals surface area contributed by atoms with Crippen LogP contribution in [0, 0.1) is 12.7 Å². The van der Waals surface area contributed by atoms with Crippen molar-refractivity contribution >= 4 is 11.8 Å². The fourth-order valence-electron chi connectivity index (χ4n) is 3.22. The Morgan fingerprint density at radius 2 is 2.04 bits per heavy atom. The number of benzene rings is 1. The van der Waals surface area contributed by atoms with Crippen molar-refractivity contribution in [2.45, 2.75) is 58.9 Å². The molecule has 26 heavy (non-hydrogen) atoms. The second kappa shape index (κ2) is 8.06. The largest absolute Gasteiger partial charge is 0.480 e. The fourth-order valence-corrected chi connectivity index (χ4v) is 3.22. The summed E-state index contributed by atoms with van der Waals surface area (Å²) in [4.78, 5) is 25.4. The zero-order valence-corrected chi connectivity index (χ0v) is 16.3. The van der Waals surface area contributed by atoms with Crippen molar-refractivity contribution in [2.75, 3.05) is 19.7 Å². The minimum Gasteiger partial charge on any atom is -0.480 e. The molecular formula is C20H29FN2O3. The average Bonchev–Trinajstić information content (AvgIpc) is 2.54. The van der Waals surface area contributed by atoms with Gasteiger partial charge in [-0.15, -0.1) is 0 Å². The molecule has 144 valence electrons. The maximum Gasteiger partial charge on any atom is 0.260 e. The molecule has 1 heterocycles. The number of aryl methyl sites for hydroxylation is 1. The summed E-state index contributed by atoms with van der Waals surface area (Å²) >= 11 is 0. The number of nitrogens with one attached hydrogen (secondary N) is 1. The van der Waals surface area contributed by atoms with Crippen LogP contribution in [-0.2, 0) is 15.0 Å². The number of rotatable bonds is 4. The number of piperidine rings is 1. The standard InChI is InChI=1S/C20H29FN2O3/c1-13-8-9-16(20(3,4)5)19(18(13)21)26-12-17(25)23-10-6-7-15(11-23)22-14(2)24/h8-9,15H,6-7,10-12H2,1-5H3,(H,22,24). The third-order valence-corrected chi connectivity index (χ3v) is 4.62. The molecule has 0 saturated carbocycles. The average molecular weight is 364 g/mol. The summed E-state index contributed by atoms with van der Waals surface area (Å²) in [6.45, 7) is 9.97. The number of carbonyl (C=O) groups excluding carboxylic acids is 2. The van der Waals surface area contributed by atoms with Gasteiger partial charge in [-0.05, 0) is 30.7 Å². The summed E-state index contributed by atoms with van der Waals surface area (Å²) in [6.07, 6.45) is 1.67. The van der Waals surface area contributed by atoms with Gasteiger partial charge in [-0.1, -0.05) is 32.9 Å². The maximum absolute atomic E-state index is 14.6. The normalized spacial score (nSPS) is 17.8. The van der Waals surface area contributed by atoms with E-state index in [1.165, 1.54) is 6.92 Å². The van der Waals surface area contributed by atoms with Crippen molar-refractivity contribution in [1.82, 2.24) is 10.2 Å². The molecule has 1 aliphatic heterocycles. The number of halogens is 1. The molecule has 1 aromatic rings. The Labute approximate surface area is 154 Å². The van der Waals surface area contributed by atoms with Crippen molar-refractivity contribution < 1.29 is 18.7 Å². The van der Waals surface area contributed by atoms with Crippen molar-refractivity contribution in [1.29, 1.82) is 0 Å². The molecule has 2 amide bonds. The zero-order valence-electron chi connectivity index (χ0n) is 16.3. The molecule has 0 bridgehead atoms. The predicted molar refractivity (Wildman–Crippen MR) is 98.8 cm³/mol. The highest BCUT2D eigenvalue weighted by molar-refractivity contribution is 5.78. The van der Waals surface area contributed by atoms with Crippen LogP contribution in [0.25, 0.3) is 0 Å². The monoisotopic (exact) mass is 364 g/mol. The van der Waals surface area contributed by atoms with Crippen molar-refractivity contribution in [3.05, 3.63) is 29.1 Å². The zero-order chi connectivity index (χ0) is 19.5. The summed E-state index contributed by atoms with van der Waals surface area (Å²) in [5, 5.41) is 2.85. The number of carbonyl (C=O) groups is 2. The van der Waals surface area contributed by atoms with Gasteiger partial charge < -0.3 is 15.0 Å². The number of amides is 2. The third kappa shape index (κ3) is 4.96. The Morgan fingerprint density at radius 3 is 2.65 bits per heavy atom. The summed E-state index contributed by atoms with van der Waals surface area (Å²) in [5.41, 5.74) is 0.932. The highest BCUT2D eigenvalue weighted by atomic mass is 19.1. The second-order valence-electron chi connectivity index (χ2n) is 7.99. The van der Waals surface area contributed by atoms with Gasteiger partial charge in [0.2, 0.25) is 5.91 Å². The predicted octanol–water partition coefficient (Wildman–Crippen LogP) is 2.94. The van der Waals surface area contributed by atoms with Crippen LogP contribution in [0.3, 0.4) is 0 Å². The van der Waals surface area contributed by atoms with Gasteiger partial charge in [0.25, 0.3) is 5.91 Å². The van der Waals surface area contributed by atoms with Gasteiger partial charge in [0.15, 0.2) is 18.2 Å². The van der Waals surface area contributed by atoms with E-state index in [2.05, 4.69) is 5.32 Å². The Kier molecular flexibility index (Phi) is 6.26. The molecule has 6 heteroatoms. The van der Waals surface area contributed by atoms with E-state index in [1.807, 2.05) is 26.8 Å². The molecule has 1 fully saturated rings. The van der Waals surface area contributed by atoms with Crippen LogP contribution < -0.4 is 10.1 Å². The minimum atomic E-state index is -0.417. The number of ether oxygens (including phenoxy) is 1. The van der Waals surface area contributed by atoms with E-state index in [1.54, 1.807) is 17.9 Å². The number of likely N-dealkylation sites (tertiary alicyclic amines) is 1. The van der Waals surface area contributed by atoms with E-state index in [-0.39, 0.29) is 35.6 Å². The van der Waals surface area contributed by atoms with E-state index in [4.69, 9.17) is 4.74 Å². The van der Waals surface area contributed by atoms with Crippen molar-refractivity contribution in [3.63, 3.8) is 0 Å². The van der Waals surface area contributed by atoms with Crippen LogP contribution in [0.15, 0.2) is 12.1 Å². The first-order chi connectivity index (χ1) is 12.1. The minimum absolute atomic E-state index is 0.0361. The van der Waals surface area contributed by atoms with Crippen LogP contribution in [-0.4, -0.2) is 42.5 Å². The summed E-state index contributed by atoms with van der Waals surface area (Å²) in [6, 6.07) is 3.55. The Balaban J connectivity index is 2.07. The lowest BCUT2D eigenvalue weighted by Gasteiger charge is -2.33. The second-order valence-corrected chi connectivity index (χ2v) is 7.99. The fraction of sp³-hybridized carbons (Fsp3) is 0.600. The SMILES string of the molecule is CC(=O)NC1CCCN(C(=O)COc2c(C(C)(C)C)ccc(C)c2F)C1. The maximum atomic E-state index is 14.6. The quantitative estimate of drug-likeness (QED) is 0.894. The molecule has 0 aromatic heterocycles. The smallest absolute Gasteiger partial charge is 0.260 e. The number of hydrogen-bond donors (Lipinski definition) is 1. The first kappa shape index (κ1) is 20.2. The van der Waals surface area contributed by atoms with E-state index < -0.39 is 5.82 Å². The number of nitrogens with zero attached hydrogens (tertiary/aromatic N) is 1. The molecule has 0 radical (unpaired) electrons. The summed E-state index contributed by atoms with van der Waals surface area (Å²) < 4.78 is 20.2. The van der Waals surface area contributed by atoms with E-state index in [0.717, 1.165) is 18.4 Å². The molecule has 5 nitrogen and oxygen atoms in total. The van der Waals surface area contributed by atoms with E-state index in [0.29, 0.717) is 18.7 Å². The topological polar surface area (TPSA) is 58.6 Å². The molecule has 1 saturated heterocycles. The molecule has 1 unspecified atom stereocenters. The van der Waals surface area contributed by atoms with Gasteiger partial charge in [-0.3, -0.25) is 9.59 Å². The lowest BCUT2D eigenvalue weighted by molar-refractivity contribution is -0.135. The molecule has 1 aromatic carbocycles. The van der Waals surface area contributed by atoms with Crippen LogP contribution in [0.1, 0.15) is 51.7 Å². The van der Waals surface area contributed by atoms with Crippen LogP contribution >= 0.6 is 0 Å². The Hall–Kier alpha value is -2.11. The summed E-state index contributed by atoms with van der Waals surface area (Å²) in [5.74, 6) is -0.556. The van der Waals surface area contributed by atoms with Gasteiger partial charge in [-0.25, -0.2) is 4.39 Å². The lowest BCUT2D eigenvalue weighted by atomic mass is 9.85. The van der Waals surface area contributed by atoms with Gasteiger partial charge in [0, 0.05) is 31.6 Å². The van der Waals surface area contributed by atoms with Gasteiger partial charge in [-0.2, -0.15) is 0 Å². The van der Waals surface area contributed by atoms with Gasteiger partial charge in [0.1, 0.15) is 0 Å². The molecule has 0 spiro atoms. The first-order valence-electron chi connectivity index (χ1n) is 9.07. The Bertz CT molecular complexity index is 682.